The van der Waals surface area contributed by atoms with Crippen molar-refractivity contribution >= 4 is 29.4 Å². The van der Waals surface area contributed by atoms with E-state index in [9.17, 15) is 27.6 Å². The van der Waals surface area contributed by atoms with Crippen molar-refractivity contribution in [1.82, 2.24) is 19.6 Å². The van der Waals surface area contributed by atoms with Gasteiger partial charge in [0.05, 0.1) is 29.8 Å². The average molecular weight is 601 g/mol. The van der Waals surface area contributed by atoms with Crippen LogP contribution in [0.25, 0.3) is 10.6 Å². The number of nitrogens with zero attached hydrogens (tertiary/aromatic N) is 4. The van der Waals surface area contributed by atoms with E-state index in [0.29, 0.717) is 17.9 Å². The highest BCUT2D eigenvalue weighted by molar-refractivity contribution is 7.09. The lowest BCUT2D eigenvalue weighted by Crippen LogP contribution is -2.42. The van der Waals surface area contributed by atoms with Crippen molar-refractivity contribution in [3.8, 4) is 10.6 Å². The molecule has 4 N–H and O–H groups in total. The number of hydrogen-bond acceptors (Lipinski definition) is 10. The summed E-state index contributed by atoms with van der Waals surface area (Å²) in [6, 6.07) is 7.63. The van der Waals surface area contributed by atoms with Gasteiger partial charge in [-0.15, -0.1) is 5.10 Å². The average Bonchev–Trinajstić information content (AvgIpc) is 3.52. The van der Waals surface area contributed by atoms with Crippen molar-refractivity contribution in [3.05, 3.63) is 52.8 Å². The van der Waals surface area contributed by atoms with E-state index in [1.165, 1.54) is 17.6 Å². The molecule has 0 spiro atoms. The summed E-state index contributed by atoms with van der Waals surface area (Å²) in [7, 11) is 0. The first-order valence-corrected chi connectivity index (χ1v) is 13.0. The molecule has 222 valence electrons. The quantitative estimate of drug-likeness (QED) is 0.280. The number of aryl methyl sites for hydroxylation is 1. The number of carboxylic acids is 3. The number of halogens is 3. The molecule has 1 atom stereocenters. The van der Waals surface area contributed by atoms with Gasteiger partial charge in [0.1, 0.15) is 4.88 Å². The molecule has 0 bridgehead atoms. The van der Waals surface area contributed by atoms with E-state index >= 15 is 0 Å². The van der Waals surface area contributed by atoms with Gasteiger partial charge >= 0.3 is 24.1 Å². The van der Waals surface area contributed by atoms with E-state index in [1.54, 1.807) is 12.1 Å². The van der Waals surface area contributed by atoms with E-state index in [0.717, 1.165) is 41.7 Å². The van der Waals surface area contributed by atoms with Gasteiger partial charge in [-0.2, -0.15) is 13.2 Å². The first kappa shape index (κ1) is 31.6. The molecule has 0 amide bonds. The SMILES string of the molecule is Cc1cc(-c2snnc2C2CCCN(Cc3ccccc3C(F)(F)F)C2)on1.O=C(O)CC(O)(CC(=O)O)C(=O)O. The van der Waals surface area contributed by atoms with Gasteiger partial charge in [-0.05, 0) is 49.5 Å². The van der Waals surface area contributed by atoms with Crippen LogP contribution in [-0.4, -0.2) is 76.7 Å². The fraction of sp³-hybridized carbons (Fsp3) is 0.440. The largest absolute Gasteiger partial charge is 0.481 e. The lowest BCUT2D eigenvalue weighted by atomic mass is 9.93. The first-order valence-electron chi connectivity index (χ1n) is 12.2. The summed E-state index contributed by atoms with van der Waals surface area (Å²) >= 11 is 1.26. The Morgan fingerprint density at radius 2 is 1.78 bits per heavy atom. The number of carbonyl (C=O) groups is 3. The van der Waals surface area contributed by atoms with Crippen molar-refractivity contribution in [2.75, 3.05) is 13.1 Å². The fourth-order valence-corrected chi connectivity index (χ4v) is 5.12. The van der Waals surface area contributed by atoms with Crippen LogP contribution in [0.15, 0.2) is 34.9 Å². The number of hydrogen-bond donors (Lipinski definition) is 4. The van der Waals surface area contributed by atoms with Crippen molar-refractivity contribution in [3.63, 3.8) is 0 Å². The summed E-state index contributed by atoms with van der Waals surface area (Å²) in [5.74, 6) is -4.28. The molecular formula is C25H27F3N4O8S. The standard InChI is InChI=1S/C19H19F3N4OS.C6H8O7/c1-12-9-16(27-24-12)18-17(23-25-28-18)14-6-4-8-26(11-14)10-13-5-2-3-7-15(13)19(20,21)22;7-3(8)1-6(13,5(11)12)2-4(9)10/h2-3,5,7,9,14H,4,6,8,10-11H2,1H3;13H,1-2H2,(H,7,8)(H,9,10)(H,11,12). The molecule has 4 rings (SSSR count). The lowest BCUT2D eigenvalue weighted by Gasteiger charge is -2.32. The summed E-state index contributed by atoms with van der Waals surface area (Å²) in [6.07, 6.45) is -4.82. The van der Waals surface area contributed by atoms with Gasteiger partial charge < -0.3 is 24.9 Å². The maximum Gasteiger partial charge on any atom is 0.416 e. The van der Waals surface area contributed by atoms with E-state index < -0.39 is 48.1 Å². The van der Waals surface area contributed by atoms with E-state index in [-0.39, 0.29) is 12.5 Å². The normalized spacial score (nSPS) is 16.1. The fourth-order valence-electron chi connectivity index (χ4n) is 4.42. The van der Waals surface area contributed by atoms with Crippen LogP contribution < -0.4 is 0 Å². The Labute approximate surface area is 235 Å². The number of likely N-dealkylation sites (tertiary alicyclic amines) is 1. The van der Waals surface area contributed by atoms with Gasteiger partial charge in [0.2, 0.25) is 0 Å². The molecule has 1 aliphatic heterocycles. The van der Waals surface area contributed by atoms with Gasteiger partial charge in [0.25, 0.3) is 0 Å². The zero-order chi connectivity index (χ0) is 30.4. The molecule has 0 radical (unpaired) electrons. The molecule has 1 fully saturated rings. The second kappa shape index (κ2) is 13.2. The predicted octanol–water partition coefficient (Wildman–Crippen LogP) is 3.65. The van der Waals surface area contributed by atoms with Crippen LogP contribution in [0.2, 0.25) is 0 Å². The van der Waals surface area contributed by atoms with Crippen LogP contribution in [0.4, 0.5) is 13.2 Å². The summed E-state index contributed by atoms with van der Waals surface area (Å²) in [5.41, 5.74) is -1.38. The molecule has 1 unspecified atom stereocenters. The number of piperidine rings is 1. The molecule has 0 saturated carbocycles. The van der Waals surface area contributed by atoms with Crippen LogP contribution in [0.1, 0.15) is 54.1 Å². The Morgan fingerprint density at radius 3 is 2.34 bits per heavy atom. The number of aromatic nitrogens is 3. The topological polar surface area (TPSA) is 187 Å². The Kier molecular flexibility index (Phi) is 10.2. The highest BCUT2D eigenvalue weighted by atomic mass is 32.1. The van der Waals surface area contributed by atoms with Crippen LogP contribution in [0.3, 0.4) is 0 Å². The van der Waals surface area contributed by atoms with Crippen LogP contribution >= 0.6 is 11.5 Å². The van der Waals surface area contributed by atoms with E-state index in [4.69, 9.17) is 24.9 Å². The van der Waals surface area contributed by atoms with Crippen molar-refractivity contribution in [2.45, 2.75) is 56.8 Å². The molecule has 1 aliphatic rings. The summed E-state index contributed by atoms with van der Waals surface area (Å²) in [6.45, 7) is 3.51. The van der Waals surface area contributed by atoms with E-state index in [2.05, 4.69) is 19.6 Å². The second-order valence-corrected chi connectivity index (χ2v) is 10.3. The van der Waals surface area contributed by atoms with Gasteiger partial charge in [-0.1, -0.05) is 27.8 Å². The van der Waals surface area contributed by atoms with Crippen LogP contribution in [0.5, 0.6) is 0 Å². The number of aliphatic carboxylic acids is 3. The Morgan fingerprint density at radius 1 is 1.12 bits per heavy atom. The highest BCUT2D eigenvalue weighted by Gasteiger charge is 2.41. The second-order valence-electron chi connectivity index (χ2n) is 9.53. The third kappa shape index (κ3) is 8.55. The molecule has 16 heteroatoms. The van der Waals surface area contributed by atoms with Gasteiger partial charge in [-0.3, -0.25) is 14.5 Å². The number of rotatable bonds is 9. The molecule has 3 heterocycles. The van der Waals surface area contributed by atoms with Crippen molar-refractivity contribution < 1.29 is 52.5 Å². The molecule has 1 saturated heterocycles. The smallest absolute Gasteiger partial charge is 0.416 e. The lowest BCUT2D eigenvalue weighted by molar-refractivity contribution is -0.170. The number of carboxylic acid groups (broad SMARTS) is 3. The Hall–Kier alpha value is -3.89. The molecule has 3 aromatic rings. The summed E-state index contributed by atoms with van der Waals surface area (Å²) in [5, 5.41) is 42.0. The number of alkyl halides is 3. The van der Waals surface area contributed by atoms with Crippen LogP contribution in [0, 0.1) is 6.92 Å². The molecule has 41 heavy (non-hydrogen) atoms. The molecule has 12 nitrogen and oxygen atoms in total. The minimum absolute atomic E-state index is 0.103. The molecule has 1 aromatic carbocycles. The third-order valence-electron chi connectivity index (χ3n) is 6.26. The van der Waals surface area contributed by atoms with Crippen LogP contribution in [-0.2, 0) is 27.1 Å². The zero-order valence-corrected chi connectivity index (χ0v) is 22.5. The maximum atomic E-state index is 13.3. The van der Waals surface area contributed by atoms with Crippen molar-refractivity contribution in [2.24, 2.45) is 0 Å². The third-order valence-corrected chi connectivity index (χ3v) is 7.02. The van der Waals surface area contributed by atoms with Gasteiger partial charge in [0.15, 0.2) is 11.4 Å². The Bertz CT molecular complexity index is 1360. The van der Waals surface area contributed by atoms with Gasteiger partial charge in [0, 0.05) is 25.1 Å². The highest BCUT2D eigenvalue weighted by Crippen LogP contribution is 2.37. The van der Waals surface area contributed by atoms with Gasteiger partial charge in [-0.25, -0.2) is 4.79 Å². The minimum atomic E-state index is -4.35. The first-order chi connectivity index (χ1) is 19.2. The summed E-state index contributed by atoms with van der Waals surface area (Å²) < 4.78 is 49.3. The van der Waals surface area contributed by atoms with E-state index in [1.807, 2.05) is 13.0 Å². The zero-order valence-electron chi connectivity index (χ0n) is 21.7. The monoisotopic (exact) mass is 600 g/mol. The number of benzene rings is 1. The Balaban J connectivity index is 0.000000302. The minimum Gasteiger partial charge on any atom is -0.481 e. The van der Waals surface area contributed by atoms with Crippen molar-refractivity contribution in [1.29, 1.82) is 0 Å². The maximum absolute atomic E-state index is 13.3. The predicted molar refractivity (Wildman–Crippen MR) is 136 cm³/mol. The number of aliphatic hydroxyl groups is 1. The molecule has 2 aromatic heterocycles. The summed E-state index contributed by atoms with van der Waals surface area (Å²) in [4.78, 5) is 33.4. The molecule has 0 aliphatic carbocycles. The molecular weight excluding hydrogens is 573 g/mol.